The van der Waals surface area contributed by atoms with E-state index in [1.165, 1.54) is 27.8 Å². The molecule has 0 bridgehead atoms. The molecule has 1 aliphatic carbocycles. The second kappa shape index (κ2) is 9.70. The molecule has 0 radical (unpaired) electrons. The van der Waals surface area contributed by atoms with Crippen molar-refractivity contribution >= 4 is 5.82 Å². The minimum Gasteiger partial charge on any atom is -0.421 e. The van der Waals surface area contributed by atoms with Gasteiger partial charge in [-0.15, -0.1) is 0 Å². The molecular weight excluding hydrogens is 443 g/mol. The molecule has 0 fully saturated rings. The predicted molar refractivity (Wildman–Crippen MR) is 135 cm³/mol. The van der Waals surface area contributed by atoms with Crippen LogP contribution in [-0.2, 0) is 13.5 Å². The van der Waals surface area contributed by atoms with Crippen molar-refractivity contribution in [3.8, 4) is 23.0 Å². The third-order valence-corrected chi connectivity index (χ3v) is 6.47. The summed E-state index contributed by atoms with van der Waals surface area (Å²) in [7, 11) is 1.69. The van der Waals surface area contributed by atoms with Gasteiger partial charge in [0.25, 0.3) is 0 Å². The number of aryl methyl sites for hydroxylation is 3. The van der Waals surface area contributed by atoms with Crippen molar-refractivity contribution in [2.45, 2.75) is 32.1 Å². The summed E-state index contributed by atoms with van der Waals surface area (Å²) in [5, 5.41) is 3.45. The van der Waals surface area contributed by atoms with Crippen LogP contribution < -0.4 is 15.6 Å². The minimum absolute atomic E-state index is 0.0381. The number of anilines is 1. The number of aromatic nitrogens is 3. The molecule has 0 spiro atoms. The van der Waals surface area contributed by atoms with Crippen molar-refractivity contribution in [2.75, 3.05) is 11.9 Å². The molecule has 1 atom stereocenters. The molecule has 0 saturated heterocycles. The summed E-state index contributed by atoms with van der Waals surface area (Å²) in [6.07, 6.45) is 5.07. The number of hydrogen-bond donors (Lipinski definition) is 1. The molecule has 2 heterocycles. The number of ether oxygens (including phenoxy) is 1. The Hall–Kier alpha value is -4.00. The lowest BCUT2D eigenvalue weighted by Crippen LogP contribution is -2.18. The summed E-state index contributed by atoms with van der Waals surface area (Å²) >= 11 is 0. The van der Waals surface area contributed by atoms with E-state index >= 15 is 0 Å². The fourth-order valence-electron chi connectivity index (χ4n) is 4.59. The van der Waals surface area contributed by atoms with Gasteiger partial charge in [0.15, 0.2) is 11.6 Å². The molecule has 35 heavy (non-hydrogen) atoms. The molecule has 7 heteroatoms. The number of benzene rings is 2. The Balaban J connectivity index is 1.48. The monoisotopic (exact) mass is 470 g/mol. The van der Waals surface area contributed by atoms with Gasteiger partial charge in [0.1, 0.15) is 5.82 Å². The fraction of sp³-hybridized carbons (Fsp3) is 0.250. The Morgan fingerprint density at radius 3 is 2.80 bits per heavy atom. The van der Waals surface area contributed by atoms with Crippen molar-refractivity contribution < 1.29 is 9.13 Å². The quantitative estimate of drug-likeness (QED) is 0.396. The maximum absolute atomic E-state index is 14.5. The normalized spacial score (nSPS) is 14.9. The number of rotatable bonds is 6. The predicted octanol–water partition coefficient (Wildman–Crippen LogP) is 5.61. The standard InChI is InChI=1S/C28H27FN4O2/c1-18-7-5-12-23(29)27(18)35-28-31-24(21-13-14-26(34)33(2)17-21)15-25(32-28)30-16-20-10-6-9-19-8-3-4-11-22(19)20/h3-5,7-8,11-15,17,20H,6,9-10,16H2,1-2H3,(H,30,31,32). The molecule has 5 rings (SSSR count). The second-order valence-electron chi connectivity index (χ2n) is 8.94. The molecule has 0 aliphatic heterocycles. The lowest BCUT2D eigenvalue weighted by Gasteiger charge is -2.26. The van der Waals surface area contributed by atoms with Crippen molar-refractivity contribution in [3.05, 3.63) is 99.7 Å². The number of nitrogens with zero attached hydrogens (tertiary/aromatic N) is 3. The van der Waals surface area contributed by atoms with Crippen LogP contribution in [0.15, 0.2) is 71.7 Å². The summed E-state index contributed by atoms with van der Waals surface area (Å²) in [5.74, 6) is 0.566. The first-order valence-corrected chi connectivity index (χ1v) is 11.8. The third kappa shape index (κ3) is 4.94. The lowest BCUT2D eigenvalue weighted by molar-refractivity contribution is 0.409. The van der Waals surface area contributed by atoms with Crippen LogP contribution in [0.4, 0.5) is 10.2 Å². The van der Waals surface area contributed by atoms with E-state index in [2.05, 4.69) is 39.6 Å². The molecule has 4 aromatic rings. The highest BCUT2D eigenvalue weighted by atomic mass is 19.1. The smallest absolute Gasteiger partial charge is 0.324 e. The molecular formula is C28H27FN4O2. The van der Waals surface area contributed by atoms with Crippen molar-refractivity contribution in [1.82, 2.24) is 14.5 Å². The fourth-order valence-corrected chi connectivity index (χ4v) is 4.59. The largest absolute Gasteiger partial charge is 0.421 e. The SMILES string of the molecule is Cc1cccc(F)c1Oc1nc(NCC2CCCc3ccccc32)cc(-c2ccc(=O)n(C)c2)n1. The van der Waals surface area contributed by atoms with Crippen LogP contribution in [0, 0.1) is 12.7 Å². The Kier molecular flexibility index (Phi) is 6.31. The van der Waals surface area contributed by atoms with E-state index in [0.717, 1.165) is 24.8 Å². The molecule has 2 aromatic heterocycles. The van der Waals surface area contributed by atoms with Crippen LogP contribution in [0.5, 0.6) is 11.8 Å². The van der Waals surface area contributed by atoms with Gasteiger partial charge in [0.2, 0.25) is 5.56 Å². The van der Waals surface area contributed by atoms with Crippen LogP contribution >= 0.6 is 0 Å². The highest BCUT2D eigenvalue weighted by Crippen LogP contribution is 2.33. The highest BCUT2D eigenvalue weighted by Gasteiger charge is 2.20. The maximum atomic E-state index is 14.5. The summed E-state index contributed by atoms with van der Waals surface area (Å²) in [4.78, 5) is 20.9. The molecule has 2 aromatic carbocycles. The van der Waals surface area contributed by atoms with Gasteiger partial charge in [-0.2, -0.15) is 9.97 Å². The molecule has 6 nitrogen and oxygen atoms in total. The Morgan fingerprint density at radius 2 is 1.97 bits per heavy atom. The first-order valence-electron chi connectivity index (χ1n) is 11.8. The lowest BCUT2D eigenvalue weighted by atomic mass is 9.83. The van der Waals surface area contributed by atoms with Gasteiger partial charge in [-0.1, -0.05) is 36.4 Å². The second-order valence-corrected chi connectivity index (χ2v) is 8.94. The van der Waals surface area contributed by atoms with Crippen LogP contribution in [-0.4, -0.2) is 21.1 Å². The summed E-state index contributed by atoms with van der Waals surface area (Å²) in [5.41, 5.74) is 4.61. The highest BCUT2D eigenvalue weighted by molar-refractivity contribution is 5.62. The van der Waals surface area contributed by atoms with E-state index in [1.807, 2.05) is 6.07 Å². The van der Waals surface area contributed by atoms with Crippen LogP contribution in [0.2, 0.25) is 0 Å². The maximum Gasteiger partial charge on any atom is 0.324 e. The first kappa shape index (κ1) is 22.8. The van der Waals surface area contributed by atoms with Crippen molar-refractivity contribution in [1.29, 1.82) is 0 Å². The Labute approximate surface area is 203 Å². The molecule has 1 N–H and O–H groups in total. The zero-order chi connectivity index (χ0) is 24.4. The van der Waals surface area contributed by atoms with Crippen LogP contribution in [0.3, 0.4) is 0 Å². The Bertz CT molecular complexity index is 1410. The molecule has 0 saturated carbocycles. The van der Waals surface area contributed by atoms with Gasteiger partial charge in [-0.25, -0.2) is 4.39 Å². The number of nitrogens with one attached hydrogen (secondary N) is 1. The van der Waals surface area contributed by atoms with E-state index in [0.29, 0.717) is 29.5 Å². The molecule has 1 aliphatic rings. The van der Waals surface area contributed by atoms with Gasteiger partial charge >= 0.3 is 6.01 Å². The van der Waals surface area contributed by atoms with Gasteiger partial charge in [-0.3, -0.25) is 4.79 Å². The van der Waals surface area contributed by atoms with E-state index in [1.54, 1.807) is 38.4 Å². The van der Waals surface area contributed by atoms with Crippen LogP contribution in [0.1, 0.15) is 35.4 Å². The average Bonchev–Trinajstić information content (AvgIpc) is 2.86. The zero-order valence-corrected chi connectivity index (χ0v) is 19.8. The number of pyridine rings is 1. The van der Waals surface area contributed by atoms with Crippen molar-refractivity contribution in [2.24, 2.45) is 7.05 Å². The average molecular weight is 471 g/mol. The molecule has 178 valence electrons. The number of fused-ring (bicyclic) bond motifs is 1. The number of halogens is 1. The van der Waals surface area contributed by atoms with Gasteiger partial charge < -0.3 is 14.6 Å². The Morgan fingerprint density at radius 1 is 1.11 bits per heavy atom. The minimum atomic E-state index is -0.477. The third-order valence-electron chi connectivity index (χ3n) is 6.47. The summed E-state index contributed by atoms with van der Waals surface area (Å²) < 4.78 is 21.8. The van der Waals surface area contributed by atoms with Crippen LogP contribution in [0.25, 0.3) is 11.3 Å². The molecule has 0 amide bonds. The number of para-hydroxylation sites is 1. The van der Waals surface area contributed by atoms with E-state index in [9.17, 15) is 9.18 Å². The summed E-state index contributed by atoms with van der Waals surface area (Å²) in [6, 6.07) is 18.4. The summed E-state index contributed by atoms with van der Waals surface area (Å²) in [6.45, 7) is 2.48. The van der Waals surface area contributed by atoms with E-state index in [-0.39, 0.29) is 17.3 Å². The zero-order valence-electron chi connectivity index (χ0n) is 19.8. The van der Waals surface area contributed by atoms with Gasteiger partial charge in [-0.05, 0) is 55.0 Å². The topological polar surface area (TPSA) is 69.0 Å². The first-order chi connectivity index (χ1) is 17.0. The number of hydrogen-bond acceptors (Lipinski definition) is 5. The van der Waals surface area contributed by atoms with E-state index < -0.39 is 5.82 Å². The molecule has 1 unspecified atom stereocenters. The van der Waals surface area contributed by atoms with E-state index in [4.69, 9.17) is 4.74 Å². The van der Waals surface area contributed by atoms with Gasteiger partial charge in [0, 0.05) is 43.4 Å². The van der Waals surface area contributed by atoms with Gasteiger partial charge in [0.05, 0.1) is 5.69 Å². The van der Waals surface area contributed by atoms with Crippen molar-refractivity contribution in [3.63, 3.8) is 0 Å².